The Morgan fingerprint density at radius 3 is 2.32 bits per heavy atom. The number of aromatic nitrogens is 2. The molecule has 1 saturated heterocycles. The van der Waals surface area contributed by atoms with Crippen molar-refractivity contribution >= 4 is 44.5 Å². The zero-order chi connectivity index (χ0) is 26.0. The molecule has 5 rings (SSSR count). The highest BCUT2D eigenvalue weighted by Gasteiger charge is 2.21. The third-order valence-corrected chi connectivity index (χ3v) is 8.69. The highest BCUT2D eigenvalue weighted by atomic mass is 32.2. The number of hydrogen-bond donors (Lipinski definition) is 3. The summed E-state index contributed by atoms with van der Waals surface area (Å²) in [6, 6.07) is 15.7. The van der Waals surface area contributed by atoms with Gasteiger partial charge in [0.15, 0.2) is 0 Å². The lowest BCUT2D eigenvalue weighted by atomic mass is 10.2. The molecule has 10 heteroatoms. The zero-order valence-corrected chi connectivity index (χ0v) is 22.5. The first-order valence-corrected chi connectivity index (χ1v) is 14.4. The highest BCUT2D eigenvalue weighted by Crippen LogP contribution is 2.31. The largest absolute Gasteiger partial charge is 0.369 e. The second kappa shape index (κ2) is 10.5. The van der Waals surface area contributed by atoms with Crippen LogP contribution in [-0.4, -0.2) is 61.8 Å². The number of sulfonamides is 1. The van der Waals surface area contributed by atoms with E-state index in [1.165, 1.54) is 5.69 Å². The van der Waals surface area contributed by atoms with Crippen molar-refractivity contribution < 1.29 is 8.42 Å². The van der Waals surface area contributed by atoms with Crippen LogP contribution in [0.15, 0.2) is 48.5 Å². The Labute approximate surface area is 219 Å². The molecule has 0 amide bonds. The number of aryl methyl sites for hydroxylation is 1. The molecule has 2 aliphatic rings. The molecule has 9 nitrogen and oxygen atoms in total. The van der Waals surface area contributed by atoms with Crippen molar-refractivity contribution in [2.75, 3.05) is 53.5 Å². The Balaban J connectivity index is 1.33. The SMILES string of the molecule is CC(C)S(=O)(=O)Nc1cccc(Nc2nc(Nc3ccc(N4CCN(C)CC4)cc3)nc3c2CCC3)c1. The van der Waals surface area contributed by atoms with Crippen molar-refractivity contribution in [3.63, 3.8) is 0 Å². The molecule has 1 aliphatic heterocycles. The Kier molecular flexibility index (Phi) is 7.21. The molecule has 2 aromatic carbocycles. The predicted molar refractivity (Wildman–Crippen MR) is 151 cm³/mol. The fourth-order valence-electron chi connectivity index (χ4n) is 4.62. The number of anilines is 6. The molecule has 0 radical (unpaired) electrons. The second-order valence-corrected chi connectivity index (χ2v) is 12.3. The molecule has 3 N–H and O–H groups in total. The van der Waals surface area contributed by atoms with Gasteiger partial charge in [-0.3, -0.25) is 4.72 Å². The topological polar surface area (TPSA) is 102 Å². The summed E-state index contributed by atoms with van der Waals surface area (Å²) in [6.07, 6.45) is 2.87. The number of nitrogens with one attached hydrogen (secondary N) is 3. The molecule has 2 heterocycles. The standard InChI is InChI=1S/C27H35N7O2S/c1-19(2)37(35,36)32-22-7-4-6-21(18-22)28-26-24-8-5-9-25(24)30-27(31-26)29-20-10-12-23(13-11-20)34-16-14-33(3)15-17-34/h4,6-7,10-13,18-19,32H,5,8-9,14-17H2,1-3H3,(H2,28,29,30,31). The van der Waals surface area contributed by atoms with Crippen LogP contribution in [0.25, 0.3) is 0 Å². The monoisotopic (exact) mass is 521 g/mol. The van der Waals surface area contributed by atoms with Crippen molar-refractivity contribution in [3.05, 3.63) is 59.8 Å². The molecule has 0 spiro atoms. The number of piperazine rings is 1. The maximum absolute atomic E-state index is 12.3. The Morgan fingerprint density at radius 2 is 1.59 bits per heavy atom. The van der Waals surface area contributed by atoms with Crippen LogP contribution in [0.3, 0.4) is 0 Å². The summed E-state index contributed by atoms with van der Waals surface area (Å²) in [5.74, 6) is 1.30. The molecule has 1 aliphatic carbocycles. The Bertz CT molecular complexity index is 1350. The lowest BCUT2D eigenvalue weighted by molar-refractivity contribution is 0.313. The van der Waals surface area contributed by atoms with Crippen LogP contribution in [0.2, 0.25) is 0 Å². The fourth-order valence-corrected chi connectivity index (χ4v) is 5.31. The van der Waals surface area contributed by atoms with Gasteiger partial charge < -0.3 is 20.4 Å². The summed E-state index contributed by atoms with van der Waals surface area (Å²) in [5, 5.41) is 6.26. The van der Waals surface area contributed by atoms with Crippen molar-refractivity contribution in [2.24, 2.45) is 0 Å². The first-order valence-electron chi connectivity index (χ1n) is 12.9. The summed E-state index contributed by atoms with van der Waals surface area (Å²) in [5.41, 5.74) is 5.60. The number of likely N-dealkylation sites (N-methyl/N-ethyl adjacent to an activating group) is 1. The van der Waals surface area contributed by atoms with Crippen LogP contribution in [0.5, 0.6) is 0 Å². The van der Waals surface area contributed by atoms with Gasteiger partial charge in [0, 0.05) is 48.8 Å². The smallest absolute Gasteiger partial charge is 0.235 e. The van der Waals surface area contributed by atoms with Crippen molar-refractivity contribution in [1.29, 1.82) is 0 Å². The average Bonchev–Trinajstić information content (AvgIpc) is 3.34. The van der Waals surface area contributed by atoms with E-state index in [9.17, 15) is 8.42 Å². The van der Waals surface area contributed by atoms with E-state index in [-0.39, 0.29) is 0 Å². The number of rotatable bonds is 8. The average molecular weight is 522 g/mol. The number of hydrogen-bond acceptors (Lipinski definition) is 8. The summed E-state index contributed by atoms with van der Waals surface area (Å²) >= 11 is 0. The molecular formula is C27H35N7O2S. The van der Waals surface area contributed by atoms with E-state index in [2.05, 4.69) is 56.5 Å². The van der Waals surface area contributed by atoms with E-state index < -0.39 is 15.3 Å². The van der Waals surface area contributed by atoms with Gasteiger partial charge in [-0.25, -0.2) is 13.4 Å². The minimum atomic E-state index is -3.42. The van der Waals surface area contributed by atoms with Gasteiger partial charge in [0.2, 0.25) is 16.0 Å². The molecule has 196 valence electrons. The zero-order valence-electron chi connectivity index (χ0n) is 21.7. The van der Waals surface area contributed by atoms with Crippen LogP contribution in [-0.2, 0) is 22.9 Å². The lowest BCUT2D eigenvalue weighted by Crippen LogP contribution is -2.44. The van der Waals surface area contributed by atoms with Crippen molar-refractivity contribution in [2.45, 2.75) is 38.4 Å². The third kappa shape index (κ3) is 5.97. The van der Waals surface area contributed by atoms with Crippen LogP contribution in [0.4, 0.5) is 34.5 Å². The van der Waals surface area contributed by atoms with Crippen molar-refractivity contribution in [3.8, 4) is 0 Å². The summed E-state index contributed by atoms with van der Waals surface area (Å²) in [4.78, 5) is 14.3. The van der Waals surface area contributed by atoms with Gasteiger partial charge in [0.1, 0.15) is 5.82 Å². The van der Waals surface area contributed by atoms with Crippen molar-refractivity contribution in [1.82, 2.24) is 14.9 Å². The van der Waals surface area contributed by atoms with E-state index in [1.807, 2.05) is 12.1 Å². The lowest BCUT2D eigenvalue weighted by Gasteiger charge is -2.34. The van der Waals surface area contributed by atoms with Gasteiger partial charge in [-0.05, 0) is 82.6 Å². The first-order chi connectivity index (χ1) is 17.8. The first kappa shape index (κ1) is 25.3. The summed E-state index contributed by atoms with van der Waals surface area (Å²) in [7, 11) is -1.26. The van der Waals surface area contributed by atoms with E-state index in [0.717, 1.165) is 73.9 Å². The Morgan fingerprint density at radius 1 is 0.865 bits per heavy atom. The van der Waals surface area contributed by atoms with Crippen LogP contribution >= 0.6 is 0 Å². The van der Waals surface area contributed by atoms with E-state index >= 15 is 0 Å². The summed E-state index contributed by atoms with van der Waals surface area (Å²) in [6.45, 7) is 7.53. The van der Waals surface area contributed by atoms with Gasteiger partial charge in [-0.2, -0.15) is 4.98 Å². The molecular weight excluding hydrogens is 486 g/mol. The van der Waals surface area contributed by atoms with Gasteiger partial charge >= 0.3 is 0 Å². The quantitative estimate of drug-likeness (QED) is 0.402. The van der Waals surface area contributed by atoms with E-state index in [4.69, 9.17) is 9.97 Å². The van der Waals surface area contributed by atoms with E-state index in [0.29, 0.717) is 11.6 Å². The molecule has 1 fully saturated rings. The van der Waals surface area contributed by atoms with Gasteiger partial charge in [0.05, 0.1) is 16.6 Å². The normalized spacial score (nSPS) is 16.1. The molecule has 37 heavy (non-hydrogen) atoms. The number of fused-ring (bicyclic) bond motifs is 1. The molecule has 0 saturated carbocycles. The minimum absolute atomic E-state index is 0.515. The molecule has 3 aromatic rings. The maximum Gasteiger partial charge on any atom is 0.235 e. The summed E-state index contributed by atoms with van der Waals surface area (Å²) < 4.78 is 27.3. The molecule has 0 atom stereocenters. The van der Waals surface area contributed by atoms with Gasteiger partial charge in [0.25, 0.3) is 0 Å². The molecule has 1 aromatic heterocycles. The van der Waals surface area contributed by atoms with Gasteiger partial charge in [-0.15, -0.1) is 0 Å². The minimum Gasteiger partial charge on any atom is -0.369 e. The fraction of sp³-hybridized carbons (Fsp3) is 0.407. The van der Waals surface area contributed by atoms with Crippen LogP contribution in [0.1, 0.15) is 31.5 Å². The van der Waals surface area contributed by atoms with Crippen LogP contribution in [0, 0.1) is 0 Å². The Hall–Kier alpha value is -3.37. The second-order valence-electron chi connectivity index (χ2n) is 10.0. The highest BCUT2D eigenvalue weighted by molar-refractivity contribution is 7.93. The third-order valence-electron chi connectivity index (χ3n) is 6.93. The van der Waals surface area contributed by atoms with Gasteiger partial charge in [-0.1, -0.05) is 6.07 Å². The predicted octanol–water partition coefficient (Wildman–Crippen LogP) is 4.35. The van der Waals surface area contributed by atoms with E-state index in [1.54, 1.807) is 26.0 Å². The maximum atomic E-state index is 12.3. The number of benzene rings is 2. The van der Waals surface area contributed by atoms with Crippen LogP contribution < -0.4 is 20.3 Å². The number of nitrogens with zero attached hydrogens (tertiary/aromatic N) is 4. The molecule has 0 unspecified atom stereocenters. The molecule has 0 bridgehead atoms.